The summed E-state index contributed by atoms with van der Waals surface area (Å²) in [7, 11) is 0. The minimum atomic E-state index is -0.349. The fourth-order valence-electron chi connectivity index (χ4n) is 1.45. The maximum Gasteiger partial charge on any atom is 0.151 e. The maximum absolute atomic E-state index is 12.9. The van der Waals surface area contributed by atoms with Gasteiger partial charge in [-0.2, -0.15) is 0 Å². The van der Waals surface area contributed by atoms with E-state index in [4.69, 9.17) is 9.57 Å². The lowest BCUT2D eigenvalue weighted by molar-refractivity contribution is 0.108. The Labute approximate surface area is 115 Å². The van der Waals surface area contributed by atoms with Gasteiger partial charge in [-0.1, -0.05) is 23.4 Å². The molecule has 0 aromatic heterocycles. The summed E-state index contributed by atoms with van der Waals surface area (Å²) in [5.74, 6) is -0.208. The van der Waals surface area contributed by atoms with Gasteiger partial charge in [0.25, 0.3) is 0 Å². The number of oxime groups is 1. The maximum atomic E-state index is 12.9. The fraction of sp³-hybridized carbons (Fsp3) is 0.133. The molecule has 0 N–H and O–H groups in total. The normalized spacial score (nSPS) is 10.7. The first-order chi connectivity index (χ1) is 9.74. The molecule has 0 fully saturated rings. The molecule has 0 aliphatic heterocycles. The molecule has 20 heavy (non-hydrogen) atoms. The van der Waals surface area contributed by atoms with Gasteiger partial charge in [0.15, 0.2) is 6.61 Å². The highest BCUT2D eigenvalue weighted by atomic mass is 19.1. The zero-order valence-electron chi connectivity index (χ0n) is 10.6. The highest BCUT2D eigenvalue weighted by molar-refractivity contribution is 5.78. The van der Waals surface area contributed by atoms with Crippen LogP contribution in [0, 0.1) is 11.6 Å². The Morgan fingerprint density at radius 3 is 2.50 bits per heavy atom. The SMILES string of the molecule is Fc1ccc(/C=N/OCCOc2cccc(F)c2)cc1. The van der Waals surface area contributed by atoms with E-state index in [1.807, 2.05) is 0 Å². The molecule has 104 valence electrons. The topological polar surface area (TPSA) is 30.8 Å². The van der Waals surface area contributed by atoms with Crippen LogP contribution in [0.4, 0.5) is 8.78 Å². The Morgan fingerprint density at radius 2 is 1.75 bits per heavy atom. The first-order valence-corrected chi connectivity index (χ1v) is 6.03. The number of nitrogens with zero attached hydrogens (tertiary/aromatic N) is 1. The van der Waals surface area contributed by atoms with E-state index in [0.717, 1.165) is 5.56 Å². The first-order valence-electron chi connectivity index (χ1n) is 6.03. The highest BCUT2D eigenvalue weighted by Gasteiger charge is 1.95. The van der Waals surface area contributed by atoms with E-state index in [1.165, 1.54) is 30.5 Å². The lowest BCUT2D eigenvalue weighted by Gasteiger charge is -2.04. The van der Waals surface area contributed by atoms with Crippen LogP contribution >= 0.6 is 0 Å². The third kappa shape index (κ3) is 4.68. The van der Waals surface area contributed by atoms with E-state index in [-0.39, 0.29) is 24.8 Å². The van der Waals surface area contributed by atoms with E-state index in [2.05, 4.69) is 5.16 Å². The second-order valence-corrected chi connectivity index (χ2v) is 3.93. The Bertz CT molecular complexity index is 570. The quantitative estimate of drug-likeness (QED) is 0.460. The third-order valence-electron chi connectivity index (χ3n) is 2.39. The summed E-state index contributed by atoms with van der Waals surface area (Å²) in [6.45, 7) is 0.485. The number of halogens is 2. The van der Waals surface area contributed by atoms with Crippen LogP contribution < -0.4 is 4.74 Å². The van der Waals surface area contributed by atoms with Crippen molar-refractivity contribution in [1.82, 2.24) is 0 Å². The molecular formula is C15H13F2NO2. The molecule has 0 radical (unpaired) electrons. The molecule has 2 aromatic rings. The van der Waals surface area contributed by atoms with Crippen molar-refractivity contribution in [2.45, 2.75) is 0 Å². The summed E-state index contributed by atoms with van der Waals surface area (Å²) < 4.78 is 30.8. The number of ether oxygens (including phenoxy) is 1. The number of hydrogen-bond donors (Lipinski definition) is 0. The second kappa shape index (κ2) is 7.23. The smallest absolute Gasteiger partial charge is 0.151 e. The molecule has 0 unspecified atom stereocenters. The minimum Gasteiger partial charge on any atom is -0.490 e. The van der Waals surface area contributed by atoms with Crippen LogP contribution in [0.15, 0.2) is 53.7 Å². The zero-order chi connectivity index (χ0) is 14.2. The highest BCUT2D eigenvalue weighted by Crippen LogP contribution is 2.11. The van der Waals surface area contributed by atoms with E-state index in [1.54, 1.807) is 24.3 Å². The molecule has 3 nitrogen and oxygen atoms in total. The number of rotatable bonds is 6. The minimum absolute atomic E-state index is 0.230. The molecule has 0 heterocycles. The molecule has 0 aliphatic carbocycles. The predicted molar refractivity (Wildman–Crippen MR) is 71.8 cm³/mol. The van der Waals surface area contributed by atoms with Crippen molar-refractivity contribution in [3.8, 4) is 5.75 Å². The van der Waals surface area contributed by atoms with Crippen LogP contribution in [-0.2, 0) is 4.84 Å². The molecule has 2 rings (SSSR count). The summed E-state index contributed by atoms with van der Waals surface area (Å²) in [6.07, 6.45) is 1.47. The number of hydrogen-bond acceptors (Lipinski definition) is 3. The van der Waals surface area contributed by atoms with E-state index in [9.17, 15) is 8.78 Å². The molecule has 0 saturated heterocycles. The van der Waals surface area contributed by atoms with Crippen LogP contribution in [-0.4, -0.2) is 19.4 Å². The average Bonchev–Trinajstić information content (AvgIpc) is 2.45. The summed E-state index contributed by atoms with van der Waals surface area (Å²) in [5, 5.41) is 3.72. The van der Waals surface area contributed by atoms with Crippen molar-refractivity contribution in [1.29, 1.82) is 0 Å². The van der Waals surface area contributed by atoms with Gasteiger partial charge in [-0.05, 0) is 29.8 Å². The Balaban J connectivity index is 1.67. The van der Waals surface area contributed by atoms with Gasteiger partial charge in [-0.3, -0.25) is 0 Å². The lowest BCUT2D eigenvalue weighted by Crippen LogP contribution is -2.04. The molecule has 2 aromatic carbocycles. The molecule has 0 atom stereocenters. The van der Waals surface area contributed by atoms with Gasteiger partial charge < -0.3 is 9.57 Å². The Kier molecular flexibility index (Phi) is 5.06. The van der Waals surface area contributed by atoms with Gasteiger partial charge in [0, 0.05) is 6.07 Å². The largest absolute Gasteiger partial charge is 0.490 e. The molecule has 0 amide bonds. The van der Waals surface area contributed by atoms with Gasteiger partial charge in [0.05, 0.1) is 6.21 Å². The van der Waals surface area contributed by atoms with Crippen LogP contribution in [0.2, 0.25) is 0 Å². The van der Waals surface area contributed by atoms with Crippen molar-refractivity contribution < 1.29 is 18.4 Å². The molecule has 0 spiro atoms. The molecule has 5 heteroatoms. The predicted octanol–water partition coefficient (Wildman–Crippen LogP) is 3.39. The summed E-state index contributed by atoms with van der Waals surface area (Å²) >= 11 is 0. The van der Waals surface area contributed by atoms with Crippen molar-refractivity contribution in [3.05, 3.63) is 65.7 Å². The monoisotopic (exact) mass is 277 g/mol. The van der Waals surface area contributed by atoms with E-state index in [0.29, 0.717) is 5.75 Å². The lowest BCUT2D eigenvalue weighted by atomic mass is 10.2. The van der Waals surface area contributed by atoms with Gasteiger partial charge in [0.1, 0.15) is 24.0 Å². The molecular weight excluding hydrogens is 264 g/mol. The zero-order valence-corrected chi connectivity index (χ0v) is 10.6. The van der Waals surface area contributed by atoms with Gasteiger partial charge in [-0.25, -0.2) is 8.78 Å². The number of benzene rings is 2. The van der Waals surface area contributed by atoms with Gasteiger partial charge in [0.2, 0.25) is 0 Å². The summed E-state index contributed by atoms with van der Waals surface area (Å²) in [5.41, 5.74) is 0.734. The van der Waals surface area contributed by atoms with Crippen molar-refractivity contribution in [2.75, 3.05) is 13.2 Å². The van der Waals surface area contributed by atoms with Gasteiger partial charge >= 0.3 is 0 Å². The standard InChI is InChI=1S/C15H13F2NO2/c16-13-6-4-12(5-7-13)11-18-20-9-8-19-15-3-1-2-14(17)10-15/h1-7,10-11H,8-9H2/b18-11+. The molecule has 0 saturated carbocycles. The van der Waals surface area contributed by atoms with Crippen LogP contribution in [0.5, 0.6) is 5.75 Å². The first kappa shape index (κ1) is 14.0. The second-order valence-electron chi connectivity index (χ2n) is 3.93. The van der Waals surface area contributed by atoms with Gasteiger partial charge in [-0.15, -0.1) is 0 Å². The Morgan fingerprint density at radius 1 is 0.950 bits per heavy atom. The molecule has 0 bridgehead atoms. The van der Waals surface area contributed by atoms with Crippen LogP contribution in [0.3, 0.4) is 0 Å². The van der Waals surface area contributed by atoms with Crippen molar-refractivity contribution >= 4 is 6.21 Å². The fourth-order valence-corrected chi connectivity index (χ4v) is 1.45. The van der Waals surface area contributed by atoms with Crippen LogP contribution in [0.1, 0.15) is 5.56 Å². The summed E-state index contributed by atoms with van der Waals surface area (Å²) in [4.78, 5) is 4.98. The summed E-state index contributed by atoms with van der Waals surface area (Å²) in [6, 6.07) is 11.7. The molecule has 0 aliphatic rings. The Hall–Kier alpha value is -2.43. The van der Waals surface area contributed by atoms with E-state index < -0.39 is 0 Å². The van der Waals surface area contributed by atoms with Crippen molar-refractivity contribution in [2.24, 2.45) is 5.16 Å². The van der Waals surface area contributed by atoms with Crippen molar-refractivity contribution in [3.63, 3.8) is 0 Å². The average molecular weight is 277 g/mol. The third-order valence-corrected chi connectivity index (χ3v) is 2.39. The van der Waals surface area contributed by atoms with E-state index >= 15 is 0 Å². The van der Waals surface area contributed by atoms with Crippen LogP contribution in [0.25, 0.3) is 0 Å².